The fraction of sp³-hybridized carbons (Fsp3) is 0.714. The molecule has 1 rings (SSSR count). The molecule has 0 bridgehead atoms. The number of nitrogens with two attached hydrogens (primary N) is 1. The highest BCUT2D eigenvalue weighted by Crippen LogP contribution is 2.08. The zero-order valence-electron chi connectivity index (χ0n) is 11.1. The van der Waals surface area contributed by atoms with Gasteiger partial charge in [0, 0.05) is 25.5 Å². The minimum absolute atomic E-state index is 0.314. The molecule has 0 saturated heterocycles. The van der Waals surface area contributed by atoms with E-state index in [-0.39, 0.29) is 0 Å². The van der Waals surface area contributed by atoms with E-state index in [0.29, 0.717) is 12.7 Å². The molecule has 1 aliphatic rings. The molecule has 1 unspecified atom stereocenters. The minimum atomic E-state index is 0.314. The van der Waals surface area contributed by atoms with E-state index in [9.17, 15) is 0 Å². The highest BCUT2D eigenvalue weighted by molar-refractivity contribution is 5.04. The summed E-state index contributed by atoms with van der Waals surface area (Å²) in [6, 6.07) is 0. The van der Waals surface area contributed by atoms with Crippen LogP contribution in [-0.4, -0.2) is 24.2 Å². The zero-order chi connectivity index (χ0) is 12.3. The van der Waals surface area contributed by atoms with Gasteiger partial charge in [-0.25, -0.2) is 0 Å². The Balaban J connectivity index is 2.07. The van der Waals surface area contributed by atoms with Crippen molar-refractivity contribution in [2.24, 2.45) is 5.73 Å². The van der Waals surface area contributed by atoms with Crippen LogP contribution in [0.4, 0.5) is 0 Å². The molecular formula is C14H27N3. The lowest BCUT2D eigenvalue weighted by Crippen LogP contribution is -2.36. The number of allylic oxidation sites excluding steroid dienone is 1. The Labute approximate surface area is 106 Å². The molecule has 0 radical (unpaired) electrons. The highest BCUT2D eigenvalue weighted by Gasteiger charge is 2.13. The molecule has 0 aliphatic carbocycles. The van der Waals surface area contributed by atoms with Crippen LogP contribution >= 0.6 is 0 Å². The molecule has 0 spiro atoms. The van der Waals surface area contributed by atoms with Gasteiger partial charge in [-0.15, -0.1) is 0 Å². The minimum Gasteiger partial charge on any atom is -0.367 e. The Hall–Kier alpha value is -0.960. The van der Waals surface area contributed by atoms with Crippen LogP contribution in [0.3, 0.4) is 0 Å². The van der Waals surface area contributed by atoms with Crippen molar-refractivity contribution in [3.8, 4) is 0 Å². The van der Waals surface area contributed by atoms with E-state index in [4.69, 9.17) is 5.73 Å². The van der Waals surface area contributed by atoms with E-state index in [2.05, 4.69) is 35.5 Å². The van der Waals surface area contributed by atoms with Gasteiger partial charge in [0.05, 0.1) is 0 Å². The van der Waals surface area contributed by atoms with Crippen molar-refractivity contribution in [3.05, 3.63) is 24.6 Å². The van der Waals surface area contributed by atoms with Crippen LogP contribution in [-0.2, 0) is 0 Å². The summed E-state index contributed by atoms with van der Waals surface area (Å²) in [4.78, 5) is 2.23. The van der Waals surface area contributed by atoms with Gasteiger partial charge in [0.2, 0.25) is 0 Å². The number of hydrogen-bond donors (Lipinski definition) is 2. The van der Waals surface area contributed by atoms with Crippen molar-refractivity contribution in [2.45, 2.75) is 51.6 Å². The summed E-state index contributed by atoms with van der Waals surface area (Å²) in [7, 11) is 0. The smallest absolute Gasteiger partial charge is 0.118 e. The van der Waals surface area contributed by atoms with Gasteiger partial charge in [0.15, 0.2) is 0 Å². The van der Waals surface area contributed by atoms with Crippen LogP contribution in [0.2, 0.25) is 0 Å². The van der Waals surface area contributed by atoms with Gasteiger partial charge < -0.3 is 16.0 Å². The van der Waals surface area contributed by atoms with Gasteiger partial charge >= 0.3 is 0 Å². The van der Waals surface area contributed by atoms with Gasteiger partial charge in [0.25, 0.3) is 0 Å². The standard InChI is InChI=1S/C14H27N3/c1-2-3-4-5-6-7-8-9-14-16-11-13-17(14)12-10-15/h8-9,11,13-14,16H,2-7,10,12,15H2,1H3/b9-8+. The molecule has 98 valence electrons. The van der Waals surface area contributed by atoms with Crippen LogP contribution in [0.5, 0.6) is 0 Å². The van der Waals surface area contributed by atoms with Crippen molar-refractivity contribution in [2.75, 3.05) is 13.1 Å². The maximum atomic E-state index is 5.57. The summed E-state index contributed by atoms with van der Waals surface area (Å²) < 4.78 is 0. The van der Waals surface area contributed by atoms with Gasteiger partial charge in [-0.2, -0.15) is 0 Å². The number of nitrogens with zero attached hydrogens (tertiary/aromatic N) is 1. The maximum Gasteiger partial charge on any atom is 0.118 e. The number of rotatable bonds is 9. The van der Waals surface area contributed by atoms with Crippen LogP contribution in [0.25, 0.3) is 0 Å². The first kappa shape index (κ1) is 14.1. The molecule has 1 heterocycles. The Morgan fingerprint density at radius 3 is 2.88 bits per heavy atom. The van der Waals surface area contributed by atoms with Crippen molar-refractivity contribution in [3.63, 3.8) is 0 Å². The first-order valence-corrected chi connectivity index (χ1v) is 6.93. The van der Waals surface area contributed by atoms with E-state index in [1.165, 1.54) is 38.5 Å². The third-order valence-electron chi connectivity index (χ3n) is 3.07. The Morgan fingerprint density at radius 1 is 1.29 bits per heavy atom. The second-order valence-corrected chi connectivity index (χ2v) is 4.58. The molecule has 0 fully saturated rings. The third kappa shape index (κ3) is 5.78. The molecule has 1 atom stereocenters. The van der Waals surface area contributed by atoms with Crippen molar-refractivity contribution in [1.29, 1.82) is 0 Å². The van der Waals surface area contributed by atoms with E-state index < -0.39 is 0 Å². The molecule has 17 heavy (non-hydrogen) atoms. The molecule has 3 heteroatoms. The molecule has 0 saturated carbocycles. The fourth-order valence-electron chi connectivity index (χ4n) is 2.05. The predicted molar refractivity (Wildman–Crippen MR) is 74.3 cm³/mol. The lowest BCUT2D eigenvalue weighted by Gasteiger charge is -2.21. The normalized spacial score (nSPS) is 19.2. The molecule has 1 aliphatic heterocycles. The number of unbranched alkanes of at least 4 members (excludes halogenated alkanes) is 5. The maximum absolute atomic E-state index is 5.57. The van der Waals surface area contributed by atoms with E-state index >= 15 is 0 Å². The first-order valence-electron chi connectivity index (χ1n) is 6.93. The Kier molecular flexibility index (Phi) is 7.56. The summed E-state index contributed by atoms with van der Waals surface area (Å²) in [6.07, 6.45) is 16.9. The average molecular weight is 237 g/mol. The topological polar surface area (TPSA) is 41.3 Å². The predicted octanol–water partition coefficient (Wildman–Crippen LogP) is 2.56. The summed E-state index contributed by atoms with van der Waals surface area (Å²) in [6.45, 7) is 3.87. The van der Waals surface area contributed by atoms with Crippen LogP contribution in [0, 0.1) is 0 Å². The lowest BCUT2D eigenvalue weighted by atomic mass is 10.1. The fourth-order valence-corrected chi connectivity index (χ4v) is 2.05. The van der Waals surface area contributed by atoms with Gasteiger partial charge in [-0.05, 0) is 18.9 Å². The van der Waals surface area contributed by atoms with Crippen molar-refractivity contribution in [1.82, 2.24) is 10.2 Å². The summed E-state index contributed by atoms with van der Waals surface area (Å²) in [5, 5.41) is 3.31. The van der Waals surface area contributed by atoms with E-state index in [0.717, 1.165) is 6.54 Å². The van der Waals surface area contributed by atoms with Crippen molar-refractivity contribution >= 4 is 0 Å². The van der Waals surface area contributed by atoms with Gasteiger partial charge in [0.1, 0.15) is 6.17 Å². The Bertz CT molecular complexity index is 236. The molecular weight excluding hydrogens is 210 g/mol. The SMILES string of the molecule is CCCCCCC/C=C/C1NC=CN1CCN. The molecule has 0 amide bonds. The third-order valence-corrected chi connectivity index (χ3v) is 3.07. The second-order valence-electron chi connectivity index (χ2n) is 4.58. The largest absolute Gasteiger partial charge is 0.367 e. The summed E-state index contributed by atoms with van der Waals surface area (Å²) in [5.41, 5.74) is 5.57. The average Bonchev–Trinajstić information content (AvgIpc) is 2.76. The number of nitrogens with one attached hydrogen (secondary N) is 1. The molecule has 0 aromatic rings. The summed E-state index contributed by atoms with van der Waals surface area (Å²) >= 11 is 0. The monoisotopic (exact) mass is 237 g/mol. The van der Waals surface area contributed by atoms with Crippen LogP contribution in [0.15, 0.2) is 24.6 Å². The van der Waals surface area contributed by atoms with Gasteiger partial charge in [-0.3, -0.25) is 0 Å². The van der Waals surface area contributed by atoms with E-state index in [1.54, 1.807) is 0 Å². The molecule has 3 nitrogen and oxygen atoms in total. The zero-order valence-corrected chi connectivity index (χ0v) is 11.1. The first-order chi connectivity index (χ1) is 8.38. The molecule has 0 aromatic heterocycles. The van der Waals surface area contributed by atoms with Crippen LogP contribution < -0.4 is 11.1 Å². The van der Waals surface area contributed by atoms with E-state index in [1.807, 2.05) is 6.20 Å². The highest BCUT2D eigenvalue weighted by atomic mass is 15.3. The Morgan fingerprint density at radius 2 is 2.12 bits per heavy atom. The summed E-state index contributed by atoms with van der Waals surface area (Å²) in [5.74, 6) is 0. The molecule has 3 N–H and O–H groups in total. The van der Waals surface area contributed by atoms with Gasteiger partial charge in [-0.1, -0.05) is 38.7 Å². The lowest BCUT2D eigenvalue weighted by molar-refractivity contribution is 0.333. The second kappa shape index (κ2) is 9.11. The number of hydrogen-bond acceptors (Lipinski definition) is 3. The van der Waals surface area contributed by atoms with Crippen molar-refractivity contribution < 1.29 is 0 Å². The van der Waals surface area contributed by atoms with Crippen LogP contribution in [0.1, 0.15) is 45.4 Å². The molecule has 0 aromatic carbocycles. The quantitative estimate of drug-likeness (QED) is 0.478.